The second-order valence-electron chi connectivity index (χ2n) is 4.33. The van der Waals surface area contributed by atoms with Gasteiger partial charge in [0.1, 0.15) is 0 Å². The molecule has 1 aromatic rings. The summed E-state index contributed by atoms with van der Waals surface area (Å²) in [7, 11) is 0. The lowest BCUT2D eigenvalue weighted by molar-refractivity contribution is 0.494. The summed E-state index contributed by atoms with van der Waals surface area (Å²) < 4.78 is 2.10. The smallest absolute Gasteiger partial charge is 0.0625 e. The summed E-state index contributed by atoms with van der Waals surface area (Å²) in [5.41, 5.74) is 9.63. The minimum atomic E-state index is 0.350. The quantitative estimate of drug-likeness (QED) is 0.809. The van der Waals surface area contributed by atoms with Gasteiger partial charge in [-0.3, -0.25) is 4.68 Å². The van der Waals surface area contributed by atoms with Gasteiger partial charge in [0.25, 0.3) is 0 Å². The second kappa shape index (κ2) is 5.31. The van der Waals surface area contributed by atoms with Crippen molar-refractivity contribution in [2.75, 3.05) is 0 Å². The lowest BCUT2D eigenvalue weighted by Gasteiger charge is -2.09. The number of hydrogen-bond donors (Lipinski definition) is 1. The summed E-state index contributed by atoms with van der Waals surface area (Å²) in [5.74, 6) is 0. The van der Waals surface area contributed by atoms with Crippen LogP contribution in [-0.4, -0.2) is 15.8 Å². The van der Waals surface area contributed by atoms with E-state index in [1.54, 1.807) is 0 Å². The fraction of sp³-hybridized carbons (Fsp3) is 0.750. The van der Waals surface area contributed by atoms with Crippen LogP contribution in [0.25, 0.3) is 0 Å². The predicted molar refractivity (Wildman–Crippen MR) is 63.9 cm³/mol. The second-order valence-corrected chi connectivity index (χ2v) is 4.33. The van der Waals surface area contributed by atoms with E-state index in [1.165, 1.54) is 11.3 Å². The Kier molecular flexibility index (Phi) is 4.33. The molecule has 0 fully saturated rings. The van der Waals surface area contributed by atoms with E-state index in [0.29, 0.717) is 6.04 Å². The van der Waals surface area contributed by atoms with E-state index in [2.05, 4.69) is 37.5 Å². The normalized spacial score (nSPS) is 13.1. The molecule has 0 radical (unpaired) electrons. The Morgan fingerprint density at radius 2 is 2.00 bits per heavy atom. The molecule has 1 aromatic heterocycles. The van der Waals surface area contributed by atoms with Crippen LogP contribution >= 0.6 is 0 Å². The van der Waals surface area contributed by atoms with Gasteiger partial charge >= 0.3 is 0 Å². The number of nitrogens with two attached hydrogens (primary N) is 1. The zero-order valence-electron chi connectivity index (χ0n) is 10.4. The summed E-state index contributed by atoms with van der Waals surface area (Å²) in [6, 6.07) is 0.350. The Labute approximate surface area is 92.7 Å². The van der Waals surface area contributed by atoms with Crippen molar-refractivity contribution in [2.45, 2.75) is 59.5 Å². The molecule has 3 heteroatoms. The van der Waals surface area contributed by atoms with Crippen LogP contribution in [0, 0.1) is 20.8 Å². The first-order valence-corrected chi connectivity index (χ1v) is 5.82. The summed E-state index contributed by atoms with van der Waals surface area (Å²) in [4.78, 5) is 0. The molecule has 0 bridgehead atoms. The van der Waals surface area contributed by atoms with Gasteiger partial charge in [0, 0.05) is 18.3 Å². The summed E-state index contributed by atoms with van der Waals surface area (Å²) in [6.07, 6.45) is 3.28. The highest BCUT2D eigenvalue weighted by Gasteiger charge is 2.07. The van der Waals surface area contributed by atoms with Gasteiger partial charge in [0.15, 0.2) is 0 Å². The van der Waals surface area contributed by atoms with Crippen LogP contribution in [-0.2, 0) is 6.54 Å². The molecule has 86 valence electrons. The fourth-order valence-corrected chi connectivity index (χ4v) is 1.71. The first-order valence-electron chi connectivity index (χ1n) is 5.82. The molecule has 0 spiro atoms. The van der Waals surface area contributed by atoms with Gasteiger partial charge in [-0.05, 0) is 45.6 Å². The van der Waals surface area contributed by atoms with E-state index in [1.807, 2.05) is 0 Å². The molecule has 0 aliphatic rings. The molecule has 1 atom stereocenters. The van der Waals surface area contributed by atoms with Crippen LogP contribution in [0.3, 0.4) is 0 Å². The molecule has 0 aliphatic carbocycles. The number of aromatic nitrogens is 2. The van der Waals surface area contributed by atoms with E-state index in [-0.39, 0.29) is 0 Å². The molecule has 1 rings (SSSR count). The zero-order valence-corrected chi connectivity index (χ0v) is 10.4. The van der Waals surface area contributed by atoms with Gasteiger partial charge in [-0.2, -0.15) is 5.10 Å². The largest absolute Gasteiger partial charge is 0.328 e. The van der Waals surface area contributed by atoms with Crippen LogP contribution in [0.4, 0.5) is 0 Å². The van der Waals surface area contributed by atoms with Gasteiger partial charge in [-0.1, -0.05) is 6.92 Å². The van der Waals surface area contributed by atoms with Gasteiger partial charge in [0.2, 0.25) is 0 Å². The Bertz CT molecular complexity index is 315. The first kappa shape index (κ1) is 12.2. The standard InChI is InChI=1S/C12H23N3/c1-5-12(13)7-6-8-15-11(4)9(2)10(3)14-15/h12H,5-8,13H2,1-4H3. The van der Waals surface area contributed by atoms with Crippen molar-refractivity contribution >= 4 is 0 Å². The minimum Gasteiger partial charge on any atom is -0.328 e. The molecular weight excluding hydrogens is 186 g/mol. The molecule has 1 unspecified atom stereocenters. The van der Waals surface area contributed by atoms with E-state index in [4.69, 9.17) is 5.73 Å². The van der Waals surface area contributed by atoms with Gasteiger partial charge < -0.3 is 5.73 Å². The van der Waals surface area contributed by atoms with Crippen LogP contribution in [0.15, 0.2) is 0 Å². The number of rotatable bonds is 5. The summed E-state index contributed by atoms with van der Waals surface area (Å²) in [5, 5.41) is 4.51. The van der Waals surface area contributed by atoms with Crippen molar-refractivity contribution in [1.82, 2.24) is 9.78 Å². The van der Waals surface area contributed by atoms with Crippen LogP contribution < -0.4 is 5.73 Å². The van der Waals surface area contributed by atoms with Crippen LogP contribution in [0.5, 0.6) is 0 Å². The van der Waals surface area contributed by atoms with E-state index < -0.39 is 0 Å². The third-order valence-electron chi connectivity index (χ3n) is 3.21. The van der Waals surface area contributed by atoms with Crippen molar-refractivity contribution in [3.05, 3.63) is 17.0 Å². The lowest BCUT2D eigenvalue weighted by atomic mass is 10.1. The van der Waals surface area contributed by atoms with Crippen molar-refractivity contribution < 1.29 is 0 Å². The maximum absolute atomic E-state index is 5.88. The summed E-state index contributed by atoms with van der Waals surface area (Å²) in [6.45, 7) is 9.46. The first-order chi connectivity index (χ1) is 7.06. The Balaban J connectivity index is 2.47. The van der Waals surface area contributed by atoms with E-state index in [9.17, 15) is 0 Å². The van der Waals surface area contributed by atoms with Crippen molar-refractivity contribution in [3.8, 4) is 0 Å². The Hall–Kier alpha value is -0.830. The molecule has 0 saturated heterocycles. The third-order valence-corrected chi connectivity index (χ3v) is 3.21. The SMILES string of the molecule is CCC(N)CCCn1nc(C)c(C)c1C. The zero-order chi connectivity index (χ0) is 11.4. The van der Waals surface area contributed by atoms with Crippen LogP contribution in [0.1, 0.15) is 43.1 Å². The highest BCUT2D eigenvalue weighted by atomic mass is 15.3. The lowest BCUT2D eigenvalue weighted by Crippen LogP contribution is -2.19. The van der Waals surface area contributed by atoms with Gasteiger partial charge in [-0.25, -0.2) is 0 Å². The molecule has 1 heterocycles. The van der Waals surface area contributed by atoms with Gasteiger partial charge in [0.05, 0.1) is 5.69 Å². The summed E-state index contributed by atoms with van der Waals surface area (Å²) >= 11 is 0. The highest BCUT2D eigenvalue weighted by molar-refractivity contribution is 5.21. The van der Waals surface area contributed by atoms with Crippen LogP contribution in [0.2, 0.25) is 0 Å². The molecule has 0 aliphatic heterocycles. The molecule has 2 N–H and O–H groups in total. The topological polar surface area (TPSA) is 43.8 Å². The van der Waals surface area contributed by atoms with E-state index in [0.717, 1.165) is 31.5 Å². The molecule has 0 amide bonds. The third kappa shape index (κ3) is 3.06. The molecule has 0 aromatic carbocycles. The molecule has 15 heavy (non-hydrogen) atoms. The molecule has 3 nitrogen and oxygen atoms in total. The number of nitrogens with zero attached hydrogens (tertiary/aromatic N) is 2. The van der Waals surface area contributed by atoms with E-state index >= 15 is 0 Å². The monoisotopic (exact) mass is 209 g/mol. The van der Waals surface area contributed by atoms with Crippen molar-refractivity contribution in [3.63, 3.8) is 0 Å². The molecular formula is C12H23N3. The minimum absolute atomic E-state index is 0.350. The maximum atomic E-state index is 5.88. The average Bonchev–Trinajstić information content (AvgIpc) is 2.46. The Morgan fingerprint density at radius 3 is 2.47 bits per heavy atom. The fourth-order valence-electron chi connectivity index (χ4n) is 1.71. The number of hydrogen-bond acceptors (Lipinski definition) is 2. The Morgan fingerprint density at radius 1 is 1.33 bits per heavy atom. The predicted octanol–water partition coefficient (Wildman–Crippen LogP) is 2.33. The molecule has 0 saturated carbocycles. The highest BCUT2D eigenvalue weighted by Crippen LogP contribution is 2.12. The van der Waals surface area contributed by atoms with Crippen molar-refractivity contribution in [2.24, 2.45) is 5.73 Å². The van der Waals surface area contributed by atoms with Gasteiger partial charge in [-0.15, -0.1) is 0 Å². The average molecular weight is 209 g/mol. The maximum Gasteiger partial charge on any atom is 0.0625 e. The number of aryl methyl sites for hydroxylation is 2. The van der Waals surface area contributed by atoms with Crippen molar-refractivity contribution in [1.29, 1.82) is 0 Å².